The van der Waals surface area contributed by atoms with Crippen molar-refractivity contribution in [3.63, 3.8) is 0 Å². The molecule has 20 heavy (non-hydrogen) atoms. The van der Waals surface area contributed by atoms with E-state index in [2.05, 4.69) is 0 Å². The molecule has 0 saturated carbocycles. The van der Waals surface area contributed by atoms with Crippen LogP contribution in [0.15, 0.2) is 47.0 Å². The lowest BCUT2D eigenvalue weighted by molar-refractivity contribution is -0.709. The number of thioether (sulfide) groups is 2. The van der Waals surface area contributed by atoms with Crippen LogP contribution >= 0.6 is 23.5 Å². The molecular weight excluding hydrogens is 294 g/mol. The maximum atomic E-state index is 11.9. The van der Waals surface area contributed by atoms with Crippen LogP contribution in [0.1, 0.15) is 0 Å². The number of imidazole rings is 1. The number of aromatic nitrogens is 3. The Balaban J connectivity index is 1.83. The Morgan fingerprint density at radius 3 is 2.70 bits per heavy atom. The van der Waals surface area contributed by atoms with Gasteiger partial charge in [0.05, 0.1) is 25.6 Å². The van der Waals surface area contributed by atoms with Gasteiger partial charge in [-0.1, -0.05) is 0 Å². The van der Waals surface area contributed by atoms with Crippen LogP contribution in [-0.4, -0.2) is 21.9 Å². The van der Waals surface area contributed by atoms with E-state index in [0.717, 1.165) is 9.89 Å². The van der Waals surface area contributed by atoms with Crippen molar-refractivity contribution in [2.24, 2.45) is 14.1 Å². The van der Waals surface area contributed by atoms with E-state index in [1.807, 2.05) is 35.6 Å². The zero-order valence-corrected chi connectivity index (χ0v) is 13.0. The van der Waals surface area contributed by atoms with Gasteiger partial charge in [-0.3, -0.25) is 4.79 Å². The fourth-order valence-corrected chi connectivity index (χ4v) is 3.47. The first kappa shape index (κ1) is 14.9. The summed E-state index contributed by atoms with van der Waals surface area (Å²) in [4.78, 5) is 11.9. The topological polar surface area (TPSA) is 52.8 Å². The summed E-state index contributed by atoms with van der Waals surface area (Å²) in [7, 11) is 3.90. The summed E-state index contributed by atoms with van der Waals surface area (Å²) in [6, 6.07) is 5.18. The number of aryl methyl sites for hydroxylation is 2. The van der Waals surface area contributed by atoms with E-state index < -0.39 is 0 Å². The van der Waals surface area contributed by atoms with Gasteiger partial charge < -0.3 is 5.21 Å². The summed E-state index contributed by atoms with van der Waals surface area (Å²) >= 11 is 2.78. The molecule has 0 N–H and O–H groups in total. The second-order valence-electron chi connectivity index (χ2n) is 4.28. The average Bonchev–Trinajstić information content (AvgIpc) is 2.75. The highest BCUT2D eigenvalue weighted by Crippen LogP contribution is 2.16. The molecular formula is C13H16N3O2S2+. The van der Waals surface area contributed by atoms with E-state index in [4.69, 9.17) is 0 Å². The molecule has 2 heterocycles. The number of nitrogens with zero attached hydrogens (tertiary/aromatic N) is 3. The summed E-state index contributed by atoms with van der Waals surface area (Å²) in [5.41, 5.74) is 0. The Morgan fingerprint density at radius 2 is 2.05 bits per heavy atom. The molecule has 106 valence electrons. The van der Waals surface area contributed by atoms with Crippen LogP contribution in [0.5, 0.6) is 0 Å². The predicted octanol–water partition coefficient (Wildman–Crippen LogP) is 0.936. The highest BCUT2D eigenvalue weighted by Gasteiger charge is 2.15. The highest BCUT2D eigenvalue weighted by molar-refractivity contribution is 8.01. The summed E-state index contributed by atoms with van der Waals surface area (Å²) in [5, 5.41) is 13.0. The minimum Gasteiger partial charge on any atom is -0.618 e. The van der Waals surface area contributed by atoms with Crippen molar-refractivity contribution in [3.05, 3.63) is 42.0 Å². The van der Waals surface area contributed by atoms with Crippen LogP contribution in [0.25, 0.3) is 0 Å². The third-order valence-corrected chi connectivity index (χ3v) is 5.03. The Bertz CT molecular complexity index is 594. The Morgan fingerprint density at radius 1 is 1.30 bits per heavy atom. The van der Waals surface area contributed by atoms with E-state index in [1.165, 1.54) is 29.7 Å². The first-order chi connectivity index (χ1) is 9.58. The van der Waals surface area contributed by atoms with E-state index in [9.17, 15) is 10.0 Å². The molecule has 7 heteroatoms. The van der Waals surface area contributed by atoms with Gasteiger partial charge in [0.1, 0.15) is 12.4 Å². The maximum Gasteiger partial charge on any atom is 0.317 e. The lowest BCUT2D eigenvalue weighted by Gasteiger charge is -2.02. The normalized spacial score (nSPS) is 10.7. The van der Waals surface area contributed by atoms with Gasteiger partial charge in [-0.15, -0.1) is 0 Å². The van der Waals surface area contributed by atoms with Crippen molar-refractivity contribution in [1.82, 2.24) is 4.57 Å². The molecule has 0 aliphatic carbocycles. The van der Waals surface area contributed by atoms with Gasteiger partial charge in [-0.05, 0) is 29.6 Å². The average molecular weight is 310 g/mol. The van der Waals surface area contributed by atoms with Crippen molar-refractivity contribution >= 4 is 29.3 Å². The molecule has 0 saturated heterocycles. The minimum absolute atomic E-state index is 0.116. The first-order valence-corrected chi connectivity index (χ1v) is 8.01. The number of carbonyl (C=O) groups excluding carboxylic acids is 1. The molecule has 2 aromatic rings. The number of pyridine rings is 1. The fraction of sp³-hybridized carbons (Fsp3) is 0.308. The predicted molar refractivity (Wildman–Crippen MR) is 78.4 cm³/mol. The van der Waals surface area contributed by atoms with Gasteiger partial charge >= 0.3 is 5.16 Å². The fourth-order valence-electron chi connectivity index (χ4n) is 1.65. The smallest absolute Gasteiger partial charge is 0.317 e. The van der Waals surface area contributed by atoms with E-state index in [1.54, 1.807) is 18.2 Å². The standard InChI is InChI=1S/C13H16N3O2S2/c1-14-7-8-15(2)13(14)20-10-11(17)9-19-12-5-3-4-6-16(12)18/h3-8H,9-10H2,1-2H3/q+1. The zero-order valence-electron chi connectivity index (χ0n) is 11.4. The monoisotopic (exact) mass is 310 g/mol. The summed E-state index contributed by atoms with van der Waals surface area (Å²) in [6.07, 6.45) is 5.34. The first-order valence-electron chi connectivity index (χ1n) is 6.04. The molecule has 0 bridgehead atoms. The van der Waals surface area contributed by atoms with Crippen LogP contribution in [0.2, 0.25) is 0 Å². The molecule has 0 aliphatic heterocycles. The summed E-state index contributed by atoms with van der Waals surface area (Å²) in [6.45, 7) is 0. The van der Waals surface area contributed by atoms with Crippen LogP contribution in [-0.2, 0) is 18.9 Å². The van der Waals surface area contributed by atoms with Gasteiger partial charge in [0.25, 0.3) is 5.03 Å². The Kier molecular flexibility index (Phi) is 5.08. The Hall–Kier alpha value is -1.47. The minimum atomic E-state index is 0.116. The van der Waals surface area contributed by atoms with Crippen LogP contribution in [0.4, 0.5) is 0 Å². The van der Waals surface area contributed by atoms with Crippen molar-refractivity contribution in [1.29, 1.82) is 0 Å². The van der Waals surface area contributed by atoms with Crippen molar-refractivity contribution < 1.29 is 14.1 Å². The molecule has 0 unspecified atom stereocenters. The third-order valence-electron chi connectivity index (χ3n) is 2.65. The molecule has 2 rings (SSSR count). The van der Waals surface area contributed by atoms with Crippen molar-refractivity contribution in [2.45, 2.75) is 10.2 Å². The molecule has 0 aromatic carbocycles. The van der Waals surface area contributed by atoms with Gasteiger partial charge in [-0.25, -0.2) is 9.13 Å². The largest absolute Gasteiger partial charge is 0.618 e. The number of hydrogen-bond acceptors (Lipinski definition) is 4. The zero-order chi connectivity index (χ0) is 14.5. The van der Waals surface area contributed by atoms with Crippen molar-refractivity contribution in [3.8, 4) is 0 Å². The number of ketones is 1. The maximum absolute atomic E-state index is 11.9. The van der Waals surface area contributed by atoms with Gasteiger partial charge in [0.15, 0.2) is 12.0 Å². The molecule has 0 spiro atoms. The molecule has 2 aromatic heterocycles. The second kappa shape index (κ2) is 6.81. The van der Waals surface area contributed by atoms with E-state index in [-0.39, 0.29) is 5.78 Å². The molecule has 0 aliphatic rings. The van der Waals surface area contributed by atoms with Crippen molar-refractivity contribution in [2.75, 3.05) is 11.5 Å². The highest BCUT2D eigenvalue weighted by atomic mass is 32.2. The van der Waals surface area contributed by atoms with Crippen LogP contribution in [0, 0.1) is 5.21 Å². The summed E-state index contributed by atoms with van der Waals surface area (Å²) < 4.78 is 4.74. The number of rotatable bonds is 6. The van der Waals surface area contributed by atoms with Gasteiger partial charge in [0, 0.05) is 12.1 Å². The number of Topliss-reactive ketones (excluding diaryl/α,β-unsaturated/α-hetero) is 1. The van der Waals surface area contributed by atoms with E-state index >= 15 is 0 Å². The molecule has 0 amide bonds. The third kappa shape index (κ3) is 3.77. The van der Waals surface area contributed by atoms with Gasteiger partial charge in [-0.2, -0.15) is 4.73 Å². The van der Waals surface area contributed by atoms with Crippen LogP contribution in [0.3, 0.4) is 0 Å². The lowest BCUT2D eigenvalue weighted by Crippen LogP contribution is -2.29. The lowest BCUT2D eigenvalue weighted by atomic mass is 10.5. The van der Waals surface area contributed by atoms with Crippen LogP contribution < -0.4 is 9.30 Å². The molecule has 0 fully saturated rings. The number of carbonyl (C=O) groups is 1. The summed E-state index contributed by atoms with van der Waals surface area (Å²) in [5.74, 6) is 0.836. The molecule has 5 nitrogen and oxygen atoms in total. The van der Waals surface area contributed by atoms with Gasteiger partial charge in [0.2, 0.25) is 0 Å². The quantitative estimate of drug-likeness (QED) is 0.453. The molecule has 0 atom stereocenters. The van der Waals surface area contributed by atoms with E-state index in [0.29, 0.717) is 16.5 Å². The Labute approximate surface area is 126 Å². The second-order valence-corrected chi connectivity index (χ2v) is 6.22. The SMILES string of the molecule is Cn1cc[n+](C)c1SCC(=O)CSc1cccc[n+]1[O-]. The number of hydrogen-bond donors (Lipinski definition) is 0. The molecule has 0 radical (unpaired) electrons.